The molecule has 4 amide bonds. The van der Waals surface area contributed by atoms with Crippen LogP contribution in [-0.4, -0.2) is 39.1 Å². The van der Waals surface area contributed by atoms with E-state index in [1.54, 1.807) is 50.5 Å². The number of urea groups is 1. The van der Waals surface area contributed by atoms with Crippen LogP contribution in [-0.2, 0) is 22.2 Å². The van der Waals surface area contributed by atoms with Crippen molar-refractivity contribution < 1.29 is 14.4 Å². The standard InChI is InChI=1S/C16H17N5O3/c1-16(11-6-4-3-5-7-11)14(23)21(15(24)18-16)10-13(22)17-12-8-9-20(2)19-12/h3-9H,10H2,1-2H3,(H,18,24)(H,17,19,22)/t16-/m1/s1. The lowest BCUT2D eigenvalue weighted by Gasteiger charge is -2.22. The molecular formula is C16H17N5O3. The number of hydrogen-bond acceptors (Lipinski definition) is 4. The summed E-state index contributed by atoms with van der Waals surface area (Å²) in [5.74, 6) is -0.593. The second-order valence-electron chi connectivity index (χ2n) is 5.74. The van der Waals surface area contributed by atoms with E-state index in [2.05, 4.69) is 15.7 Å². The number of anilines is 1. The van der Waals surface area contributed by atoms with Crippen LogP contribution < -0.4 is 10.6 Å². The molecule has 0 unspecified atom stereocenters. The highest BCUT2D eigenvalue weighted by atomic mass is 16.2. The fourth-order valence-electron chi connectivity index (χ4n) is 2.62. The summed E-state index contributed by atoms with van der Waals surface area (Å²) in [6, 6.07) is 9.95. The second kappa shape index (κ2) is 5.80. The Hall–Kier alpha value is -3.16. The maximum atomic E-state index is 12.7. The Bertz CT molecular complexity index is 801. The van der Waals surface area contributed by atoms with Crippen LogP contribution >= 0.6 is 0 Å². The van der Waals surface area contributed by atoms with Gasteiger partial charge < -0.3 is 10.6 Å². The lowest BCUT2D eigenvalue weighted by molar-refractivity contribution is -0.133. The molecule has 0 spiro atoms. The zero-order chi connectivity index (χ0) is 17.3. The highest BCUT2D eigenvalue weighted by molar-refractivity contribution is 6.10. The quantitative estimate of drug-likeness (QED) is 0.813. The molecule has 8 heteroatoms. The van der Waals surface area contributed by atoms with Gasteiger partial charge in [0.15, 0.2) is 5.82 Å². The van der Waals surface area contributed by atoms with E-state index in [9.17, 15) is 14.4 Å². The second-order valence-corrected chi connectivity index (χ2v) is 5.74. The average Bonchev–Trinajstić information content (AvgIpc) is 3.05. The Balaban J connectivity index is 1.74. The first kappa shape index (κ1) is 15.7. The highest BCUT2D eigenvalue weighted by Crippen LogP contribution is 2.28. The largest absolute Gasteiger partial charge is 0.325 e. The van der Waals surface area contributed by atoms with Crippen molar-refractivity contribution in [3.8, 4) is 0 Å². The van der Waals surface area contributed by atoms with Crippen LogP contribution in [0.4, 0.5) is 10.6 Å². The van der Waals surface area contributed by atoms with Gasteiger partial charge in [-0.15, -0.1) is 0 Å². The molecule has 24 heavy (non-hydrogen) atoms. The van der Waals surface area contributed by atoms with Crippen molar-refractivity contribution in [3.63, 3.8) is 0 Å². The smallest absolute Gasteiger partial charge is 0.319 e. The van der Waals surface area contributed by atoms with Gasteiger partial charge in [0, 0.05) is 19.3 Å². The van der Waals surface area contributed by atoms with Gasteiger partial charge in [0.1, 0.15) is 12.1 Å². The van der Waals surface area contributed by atoms with Crippen LogP contribution in [0.25, 0.3) is 0 Å². The number of carbonyl (C=O) groups is 3. The van der Waals surface area contributed by atoms with Gasteiger partial charge >= 0.3 is 6.03 Å². The molecule has 1 aromatic carbocycles. The molecule has 0 bridgehead atoms. The molecule has 8 nitrogen and oxygen atoms in total. The molecule has 2 aromatic rings. The molecule has 1 aliphatic rings. The minimum absolute atomic E-state index is 0.361. The monoisotopic (exact) mass is 327 g/mol. The van der Waals surface area contributed by atoms with Crippen LogP contribution in [0.5, 0.6) is 0 Å². The number of aromatic nitrogens is 2. The lowest BCUT2D eigenvalue weighted by atomic mass is 9.92. The first-order chi connectivity index (χ1) is 11.4. The summed E-state index contributed by atoms with van der Waals surface area (Å²) in [4.78, 5) is 37.8. The maximum absolute atomic E-state index is 12.7. The summed E-state index contributed by atoms with van der Waals surface area (Å²) in [6.07, 6.45) is 1.68. The first-order valence-electron chi connectivity index (χ1n) is 7.39. The molecule has 1 fully saturated rings. The molecule has 0 radical (unpaired) electrons. The number of rotatable bonds is 4. The predicted molar refractivity (Wildman–Crippen MR) is 85.9 cm³/mol. The summed E-state index contributed by atoms with van der Waals surface area (Å²) in [6.45, 7) is 1.25. The minimum Gasteiger partial charge on any atom is -0.319 e. The summed E-state index contributed by atoms with van der Waals surface area (Å²) in [7, 11) is 1.72. The van der Waals surface area contributed by atoms with E-state index < -0.39 is 23.4 Å². The molecule has 3 rings (SSSR count). The van der Waals surface area contributed by atoms with E-state index in [4.69, 9.17) is 0 Å². The predicted octanol–water partition coefficient (Wildman–Crippen LogP) is 0.826. The molecule has 0 aliphatic carbocycles. The van der Waals surface area contributed by atoms with E-state index in [0.29, 0.717) is 11.4 Å². The minimum atomic E-state index is -1.18. The van der Waals surface area contributed by atoms with Gasteiger partial charge in [0.25, 0.3) is 5.91 Å². The van der Waals surface area contributed by atoms with Gasteiger partial charge in [-0.05, 0) is 12.5 Å². The van der Waals surface area contributed by atoms with Crippen LogP contribution in [0.15, 0.2) is 42.6 Å². The Morgan fingerprint density at radius 1 is 1.25 bits per heavy atom. The SMILES string of the molecule is Cn1ccc(NC(=O)CN2C(=O)N[C@](C)(c3ccccc3)C2=O)n1. The van der Waals surface area contributed by atoms with Crippen molar-refractivity contribution in [2.75, 3.05) is 11.9 Å². The third kappa shape index (κ3) is 2.73. The van der Waals surface area contributed by atoms with Gasteiger partial charge in [-0.2, -0.15) is 5.10 Å². The van der Waals surface area contributed by atoms with Crippen LogP contribution in [0.1, 0.15) is 12.5 Å². The van der Waals surface area contributed by atoms with E-state index >= 15 is 0 Å². The number of imide groups is 1. The maximum Gasteiger partial charge on any atom is 0.325 e. The lowest BCUT2D eigenvalue weighted by Crippen LogP contribution is -2.42. The number of benzene rings is 1. The van der Waals surface area contributed by atoms with Crippen molar-refractivity contribution >= 4 is 23.7 Å². The fraction of sp³-hybridized carbons (Fsp3) is 0.250. The highest BCUT2D eigenvalue weighted by Gasteiger charge is 2.49. The molecule has 2 heterocycles. The molecule has 0 saturated carbocycles. The third-order valence-corrected chi connectivity index (χ3v) is 3.91. The number of amides is 4. The number of nitrogens with zero attached hydrogens (tertiary/aromatic N) is 3. The average molecular weight is 327 g/mol. The Morgan fingerprint density at radius 3 is 2.58 bits per heavy atom. The van der Waals surface area contributed by atoms with Gasteiger partial charge in [-0.3, -0.25) is 19.2 Å². The summed E-state index contributed by atoms with van der Waals surface area (Å²) >= 11 is 0. The molecule has 1 atom stereocenters. The Labute approximate surface area is 138 Å². The Morgan fingerprint density at radius 2 is 1.96 bits per heavy atom. The number of nitrogens with one attached hydrogen (secondary N) is 2. The van der Waals surface area contributed by atoms with Crippen LogP contribution in [0.2, 0.25) is 0 Å². The third-order valence-electron chi connectivity index (χ3n) is 3.91. The first-order valence-corrected chi connectivity index (χ1v) is 7.39. The van der Waals surface area contributed by atoms with Gasteiger partial charge in [-0.1, -0.05) is 30.3 Å². The van der Waals surface area contributed by atoms with E-state index in [0.717, 1.165) is 4.90 Å². The van der Waals surface area contributed by atoms with Crippen molar-refractivity contribution in [3.05, 3.63) is 48.2 Å². The zero-order valence-corrected chi connectivity index (χ0v) is 13.3. The summed E-state index contributed by atoms with van der Waals surface area (Å²) in [5.41, 5.74) is -0.514. The van der Waals surface area contributed by atoms with Gasteiger partial charge in [0.05, 0.1) is 0 Å². The van der Waals surface area contributed by atoms with Crippen molar-refractivity contribution in [1.29, 1.82) is 0 Å². The van der Waals surface area contributed by atoms with E-state index in [-0.39, 0.29) is 6.54 Å². The van der Waals surface area contributed by atoms with Crippen LogP contribution in [0.3, 0.4) is 0 Å². The van der Waals surface area contributed by atoms with E-state index in [1.165, 1.54) is 4.68 Å². The normalized spacial score (nSPS) is 20.2. The Kier molecular flexibility index (Phi) is 3.80. The number of aryl methyl sites for hydroxylation is 1. The summed E-state index contributed by atoms with van der Waals surface area (Å²) in [5, 5.41) is 9.23. The van der Waals surface area contributed by atoms with Crippen molar-refractivity contribution in [2.24, 2.45) is 7.05 Å². The molecule has 1 aromatic heterocycles. The van der Waals surface area contributed by atoms with Crippen molar-refractivity contribution in [1.82, 2.24) is 20.0 Å². The number of carbonyl (C=O) groups excluding carboxylic acids is 3. The molecular weight excluding hydrogens is 310 g/mol. The summed E-state index contributed by atoms with van der Waals surface area (Å²) < 4.78 is 1.54. The van der Waals surface area contributed by atoms with Crippen molar-refractivity contribution in [2.45, 2.75) is 12.5 Å². The zero-order valence-electron chi connectivity index (χ0n) is 13.3. The van der Waals surface area contributed by atoms with Gasteiger partial charge in [0.2, 0.25) is 5.91 Å². The molecule has 1 saturated heterocycles. The van der Waals surface area contributed by atoms with Gasteiger partial charge in [-0.25, -0.2) is 4.79 Å². The molecule has 2 N–H and O–H groups in total. The topological polar surface area (TPSA) is 96.3 Å². The van der Waals surface area contributed by atoms with Crippen LogP contribution in [0, 0.1) is 0 Å². The van der Waals surface area contributed by atoms with E-state index in [1.807, 2.05) is 6.07 Å². The molecule has 1 aliphatic heterocycles. The number of hydrogen-bond donors (Lipinski definition) is 2. The molecule has 124 valence electrons. The fourth-order valence-corrected chi connectivity index (χ4v) is 2.62.